The van der Waals surface area contributed by atoms with Crippen LogP contribution in [0, 0.1) is 13.8 Å². The minimum absolute atomic E-state index is 0.468. The summed E-state index contributed by atoms with van der Waals surface area (Å²) in [6.45, 7) is 9.95. The van der Waals surface area contributed by atoms with Crippen molar-refractivity contribution < 1.29 is 0 Å². The van der Waals surface area contributed by atoms with Crippen molar-refractivity contribution in [2.75, 3.05) is 23.7 Å². The highest BCUT2D eigenvalue weighted by molar-refractivity contribution is 8.22. The molecule has 3 aromatic rings. The fourth-order valence-electron chi connectivity index (χ4n) is 2.84. The van der Waals surface area contributed by atoms with E-state index in [2.05, 4.69) is 44.3 Å². The number of rotatable bonds is 7. The van der Waals surface area contributed by atoms with Crippen LogP contribution < -0.4 is 10.6 Å². The molecule has 0 unspecified atom stereocenters. The minimum Gasteiger partial charge on any atom is -0.358 e. The number of benzene rings is 2. The molecule has 0 atom stereocenters. The van der Waals surface area contributed by atoms with Gasteiger partial charge in [-0.2, -0.15) is 15.0 Å². The SMILES string of the molecule is CCN(CC)C(=S)Sc1nc(Nc2cccc(C)c2)nc(Nc2cccc(C)c2)n1. The van der Waals surface area contributed by atoms with Crippen LogP contribution in [0.15, 0.2) is 53.7 Å². The van der Waals surface area contributed by atoms with Crippen LogP contribution >= 0.6 is 24.0 Å². The molecule has 3 rings (SSSR count). The molecule has 8 heteroatoms. The molecule has 0 amide bonds. The summed E-state index contributed by atoms with van der Waals surface area (Å²) >= 11 is 6.96. The van der Waals surface area contributed by atoms with Gasteiger partial charge in [0, 0.05) is 24.5 Å². The first-order chi connectivity index (χ1) is 14.5. The van der Waals surface area contributed by atoms with E-state index in [0.29, 0.717) is 17.1 Å². The van der Waals surface area contributed by atoms with E-state index < -0.39 is 0 Å². The van der Waals surface area contributed by atoms with Gasteiger partial charge < -0.3 is 15.5 Å². The first-order valence-electron chi connectivity index (χ1n) is 9.87. The third-order valence-electron chi connectivity index (χ3n) is 4.36. The average molecular weight is 439 g/mol. The van der Waals surface area contributed by atoms with E-state index in [1.54, 1.807) is 0 Å². The van der Waals surface area contributed by atoms with Gasteiger partial charge in [0.15, 0.2) is 0 Å². The largest absolute Gasteiger partial charge is 0.358 e. The molecule has 0 spiro atoms. The fraction of sp³-hybridized carbons (Fsp3) is 0.273. The summed E-state index contributed by atoms with van der Waals surface area (Å²) in [7, 11) is 0. The molecule has 0 radical (unpaired) electrons. The molecule has 0 aliphatic heterocycles. The van der Waals surface area contributed by atoms with Crippen LogP contribution in [0.1, 0.15) is 25.0 Å². The van der Waals surface area contributed by atoms with Crippen molar-refractivity contribution in [1.29, 1.82) is 0 Å². The van der Waals surface area contributed by atoms with Gasteiger partial charge in [-0.05, 0) is 74.8 Å². The van der Waals surface area contributed by atoms with Crippen molar-refractivity contribution in [1.82, 2.24) is 19.9 Å². The molecule has 1 heterocycles. The van der Waals surface area contributed by atoms with E-state index in [1.165, 1.54) is 11.8 Å². The molecule has 1 aromatic heterocycles. The molecule has 0 saturated heterocycles. The summed E-state index contributed by atoms with van der Waals surface area (Å²) < 4.78 is 0.745. The summed E-state index contributed by atoms with van der Waals surface area (Å²) in [6.07, 6.45) is 0. The first-order valence-corrected chi connectivity index (χ1v) is 11.1. The minimum atomic E-state index is 0.468. The first kappa shape index (κ1) is 22.0. The van der Waals surface area contributed by atoms with Crippen LogP contribution in [0.2, 0.25) is 0 Å². The number of nitrogens with zero attached hydrogens (tertiary/aromatic N) is 4. The van der Waals surface area contributed by atoms with Crippen LogP contribution in [-0.4, -0.2) is 37.3 Å². The fourth-order valence-corrected chi connectivity index (χ4v) is 4.13. The topological polar surface area (TPSA) is 66.0 Å². The lowest BCUT2D eigenvalue weighted by atomic mass is 10.2. The van der Waals surface area contributed by atoms with Crippen molar-refractivity contribution in [3.63, 3.8) is 0 Å². The molecular formula is C22H26N6S2. The van der Waals surface area contributed by atoms with Gasteiger partial charge in [0.1, 0.15) is 4.32 Å². The van der Waals surface area contributed by atoms with Crippen molar-refractivity contribution in [2.24, 2.45) is 0 Å². The lowest BCUT2D eigenvalue weighted by Gasteiger charge is -2.20. The maximum absolute atomic E-state index is 5.58. The standard InChI is InChI=1S/C22H26N6S2/c1-5-28(6-2)22(29)30-21-26-19(23-17-11-7-9-15(3)13-17)25-20(27-21)24-18-12-8-10-16(4)14-18/h7-14H,5-6H2,1-4H3,(H2,23,24,25,26,27). The van der Waals surface area contributed by atoms with E-state index >= 15 is 0 Å². The highest BCUT2D eigenvalue weighted by Gasteiger charge is 2.13. The Morgan fingerprint density at radius 1 is 0.867 bits per heavy atom. The summed E-state index contributed by atoms with van der Waals surface area (Å²) in [5.41, 5.74) is 4.16. The van der Waals surface area contributed by atoms with Crippen molar-refractivity contribution >= 4 is 51.6 Å². The van der Waals surface area contributed by atoms with E-state index in [4.69, 9.17) is 12.2 Å². The normalized spacial score (nSPS) is 10.5. The molecular weight excluding hydrogens is 412 g/mol. The molecule has 156 valence electrons. The number of anilines is 4. The number of aryl methyl sites for hydroxylation is 2. The van der Waals surface area contributed by atoms with Gasteiger partial charge in [0.25, 0.3) is 0 Å². The lowest BCUT2D eigenvalue weighted by molar-refractivity contribution is 0.482. The van der Waals surface area contributed by atoms with Crippen molar-refractivity contribution in [2.45, 2.75) is 32.9 Å². The highest BCUT2D eigenvalue weighted by Crippen LogP contribution is 2.24. The quantitative estimate of drug-likeness (QED) is 0.360. The van der Waals surface area contributed by atoms with E-state index in [9.17, 15) is 0 Å². The molecule has 30 heavy (non-hydrogen) atoms. The molecule has 0 aliphatic carbocycles. The second-order valence-corrected chi connectivity index (χ2v) is 8.40. The smallest absolute Gasteiger partial charge is 0.233 e. The predicted octanol–water partition coefficient (Wildman–Crippen LogP) is 5.69. The summed E-state index contributed by atoms with van der Waals surface area (Å²) in [5.74, 6) is 0.936. The molecule has 0 bridgehead atoms. The van der Waals surface area contributed by atoms with Crippen LogP contribution in [0.5, 0.6) is 0 Å². The van der Waals surface area contributed by atoms with Gasteiger partial charge in [-0.25, -0.2) is 0 Å². The zero-order chi connectivity index (χ0) is 21.5. The maximum atomic E-state index is 5.58. The van der Waals surface area contributed by atoms with Gasteiger partial charge in [0.05, 0.1) is 0 Å². The van der Waals surface area contributed by atoms with E-state index in [1.807, 2.05) is 62.4 Å². The predicted molar refractivity (Wildman–Crippen MR) is 130 cm³/mol. The Morgan fingerprint density at radius 2 is 1.37 bits per heavy atom. The zero-order valence-corrected chi connectivity index (χ0v) is 19.3. The van der Waals surface area contributed by atoms with E-state index in [-0.39, 0.29) is 0 Å². The number of thiocarbonyl (C=S) groups is 1. The van der Waals surface area contributed by atoms with Crippen LogP contribution in [0.4, 0.5) is 23.3 Å². The van der Waals surface area contributed by atoms with Crippen molar-refractivity contribution in [3.8, 4) is 0 Å². The van der Waals surface area contributed by atoms with E-state index in [0.717, 1.165) is 39.9 Å². The van der Waals surface area contributed by atoms with Crippen LogP contribution in [0.25, 0.3) is 0 Å². The Bertz CT molecular complexity index is 954. The third-order valence-corrected chi connectivity index (χ3v) is 5.67. The Kier molecular flexibility index (Phi) is 7.59. The Balaban J connectivity index is 1.91. The lowest BCUT2D eigenvalue weighted by Crippen LogP contribution is -2.26. The number of aromatic nitrogens is 3. The third kappa shape index (κ3) is 6.14. The monoisotopic (exact) mass is 438 g/mol. The van der Waals surface area contributed by atoms with Gasteiger partial charge in [-0.15, -0.1) is 0 Å². The average Bonchev–Trinajstić information content (AvgIpc) is 2.69. The van der Waals surface area contributed by atoms with Crippen molar-refractivity contribution in [3.05, 3.63) is 59.7 Å². The van der Waals surface area contributed by atoms with Gasteiger partial charge in [-0.3, -0.25) is 0 Å². The molecule has 0 aliphatic rings. The second kappa shape index (κ2) is 10.4. The Morgan fingerprint density at radius 3 is 1.80 bits per heavy atom. The molecule has 2 N–H and O–H groups in total. The number of hydrogen-bond acceptors (Lipinski definition) is 7. The summed E-state index contributed by atoms with van der Waals surface area (Å²) in [6, 6.07) is 16.2. The van der Waals surface area contributed by atoms with Crippen LogP contribution in [0.3, 0.4) is 0 Å². The summed E-state index contributed by atoms with van der Waals surface area (Å²) in [5, 5.41) is 7.11. The van der Waals surface area contributed by atoms with Crippen LogP contribution in [-0.2, 0) is 0 Å². The number of nitrogens with one attached hydrogen (secondary N) is 2. The Labute approximate surface area is 187 Å². The maximum Gasteiger partial charge on any atom is 0.233 e. The molecule has 0 fully saturated rings. The van der Waals surface area contributed by atoms with Gasteiger partial charge in [-0.1, -0.05) is 36.5 Å². The zero-order valence-electron chi connectivity index (χ0n) is 17.6. The van der Waals surface area contributed by atoms with Gasteiger partial charge >= 0.3 is 0 Å². The van der Waals surface area contributed by atoms with Gasteiger partial charge in [0.2, 0.25) is 17.1 Å². The molecule has 2 aromatic carbocycles. The second-order valence-electron chi connectivity index (χ2n) is 6.79. The number of hydrogen-bond donors (Lipinski definition) is 2. The molecule has 0 saturated carbocycles. The Hall–Kier alpha value is -2.71. The summed E-state index contributed by atoms with van der Waals surface area (Å²) in [4.78, 5) is 15.8. The molecule has 6 nitrogen and oxygen atoms in total. The highest BCUT2D eigenvalue weighted by atomic mass is 32.2. The number of thioether (sulfide) groups is 1.